The fourth-order valence-corrected chi connectivity index (χ4v) is 0.862. The van der Waals surface area contributed by atoms with Gasteiger partial charge in [-0.25, -0.2) is 0 Å². The molecule has 5 N–H and O–H groups in total. The molecular weight excluding hydrogens is 270 g/mol. The molecule has 108 valence electrons. The van der Waals surface area contributed by atoms with Crippen molar-refractivity contribution in [3.8, 4) is 0 Å². The normalized spacial score (nSPS) is 10.3. The molecule has 0 aromatic rings. The van der Waals surface area contributed by atoms with Crippen LogP contribution in [0, 0.1) is 0 Å². The predicted octanol–water partition coefficient (Wildman–Crippen LogP) is -1.61. The van der Waals surface area contributed by atoms with Crippen LogP contribution in [-0.2, 0) is 19.7 Å². The van der Waals surface area contributed by atoms with Crippen molar-refractivity contribution in [2.45, 2.75) is 12.8 Å². The summed E-state index contributed by atoms with van der Waals surface area (Å²) in [7, 11) is -3.92. The highest BCUT2D eigenvalue weighted by atomic mass is 32.2. The monoisotopic (exact) mass is 287 g/mol. The van der Waals surface area contributed by atoms with Crippen LogP contribution >= 0.6 is 0 Å². The van der Waals surface area contributed by atoms with E-state index in [1.165, 1.54) is 0 Å². The third-order valence-electron chi connectivity index (χ3n) is 1.38. The van der Waals surface area contributed by atoms with Crippen LogP contribution in [0.4, 0.5) is 0 Å². The number of carboxylic acids is 2. The van der Waals surface area contributed by atoms with Gasteiger partial charge >= 0.3 is 11.9 Å². The second-order valence-electron chi connectivity index (χ2n) is 3.05. The van der Waals surface area contributed by atoms with Gasteiger partial charge in [-0.15, -0.1) is 0 Å². The van der Waals surface area contributed by atoms with E-state index >= 15 is 0 Å². The average molecular weight is 287 g/mol. The summed E-state index contributed by atoms with van der Waals surface area (Å²) in [6.07, 6.45) is 0.0548. The Morgan fingerprint density at radius 3 is 1.56 bits per heavy atom. The Kier molecular flexibility index (Phi) is 11.6. The van der Waals surface area contributed by atoms with Crippen LogP contribution in [0.25, 0.3) is 0 Å². The Morgan fingerprint density at radius 1 is 1.00 bits per heavy atom. The number of nitrogens with one attached hydrogen (secondary N) is 1. The highest BCUT2D eigenvalue weighted by molar-refractivity contribution is 7.85. The van der Waals surface area contributed by atoms with Gasteiger partial charge in [0.05, 0.1) is 25.2 Å². The Morgan fingerprint density at radius 2 is 1.39 bits per heavy atom. The summed E-state index contributed by atoms with van der Waals surface area (Å²) in [5.41, 5.74) is 0. The van der Waals surface area contributed by atoms with Gasteiger partial charge in [0.1, 0.15) is 0 Å². The lowest BCUT2D eigenvalue weighted by Crippen LogP contribution is -2.21. The van der Waals surface area contributed by atoms with Crippen molar-refractivity contribution in [1.29, 1.82) is 0 Å². The second-order valence-corrected chi connectivity index (χ2v) is 4.62. The maximum Gasteiger partial charge on any atom is 0.304 e. The summed E-state index contributed by atoms with van der Waals surface area (Å²) in [6.45, 7) is 0.115. The zero-order valence-corrected chi connectivity index (χ0v) is 10.4. The lowest BCUT2D eigenvalue weighted by Gasteiger charge is -1.98. The molecule has 0 saturated heterocycles. The second kappa shape index (κ2) is 10.9. The van der Waals surface area contributed by atoms with E-state index in [0.717, 1.165) is 0 Å². The van der Waals surface area contributed by atoms with Gasteiger partial charge in [0, 0.05) is 13.1 Å². The van der Waals surface area contributed by atoms with Crippen LogP contribution in [0.3, 0.4) is 0 Å². The van der Waals surface area contributed by atoms with Crippen LogP contribution in [-0.4, -0.2) is 65.7 Å². The molecule has 0 atom stereocenters. The molecular formula is C8H17NO8S. The highest BCUT2D eigenvalue weighted by Crippen LogP contribution is 1.78. The third-order valence-corrected chi connectivity index (χ3v) is 2.08. The van der Waals surface area contributed by atoms with Crippen LogP contribution in [0.5, 0.6) is 0 Å². The number of aliphatic carboxylic acids is 2. The molecule has 0 aromatic heterocycles. The van der Waals surface area contributed by atoms with Crippen LogP contribution in [0.1, 0.15) is 12.8 Å². The summed E-state index contributed by atoms with van der Waals surface area (Å²) < 4.78 is 27.1. The number of rotatable bonds is 8. The van der Waals surface area contributed by atoms with Crippen molar-refractivity contribution in [3.63, 3.8) is 0 Å². The Hall–Kier alpha value is -1.23. The van der Waals surface area contributed by atoms with E-state index in [4.69, 9.17) is 19.9 Å². The Labute approximate surface area is 104 Å². The molecule has 10 heteroatoms. The summed E-state index contributed by atoms with van der Waals surface area (Å²) >= 11 is 0. The van der Waals surface area contributed by atoms with E-state index in [1.807, 2.05) is 0 Å². The molecule has 0 bridgehead atoms. The molecule has 0 aromatic carbocycles. The van der Waals surface area contributed by atoms with Gasteiger partial charge in [0.2, 0.25) is 0 Å². The van der Waals surface area contributed by atoms with Gasteiger partial charge in [-0.3, -0.25) is 14.1 Å². The summed E-state index contributed by atoms with van der Waals surface area (Å²) in [5.74, 6) is -2.34. The molecule has 0 spiro atoms. The topological polar surface area (TPSA) is 161 Å². The maximum atomic E-state index is 9.94. The summed E-state index contributed by atoms with van der Waals surface area (Å²) in [5, 5.41) is 26.9. The van der Waals surface area contributed by atoms with Crippen LogP contribution in [0.2, 0.25) is 0 Å². The molecule has 0 aliphatic heterocycles. The van der Waals surface area contributed by atoms with Gasteiger partial charge < -0.3 is 20.6 Å². The minimum Gasteiger partial charge on any atom is -0.481 e. The lowest BCUT2D eigenvalue weighted by molar-refractivity contribution is -0.137. The van der Waals surface area contributed by atoms with E-state index in [2.05, 4.69) is 5.32 Å². The predicted molar refractivity (Wildman–Crippen MR) is 60.9 cm³/mol. The quantitative estimate of drug-likeness (QED) is 0.261. The molecule has 0 fully saturated rings. The van der Waals surface area contributed by atoms with E-state index in [0.29, 0.717) is 13.1 Å². The maximum absolute atomic E-state index is 9.94. The SMILES string of the molecule is O=C(O)CCNCCC(=O)O.O=S(=O)(O)CCO. The highest BCUT2D eigenvalue weighted by Gasteiger charge is 1.99. The number of hydrogen-bond donors (Lipinski definition) is 5. The molecule has 9 nitrogen and oxygen atoms in total. The number of carbonyl (C=O) groups is 2. The van der Waals surface area contributed by atoms with Gasteiger partial charge in [-0.2, -0.15) is 8.42 Å². The molecule has 0 unspecified atom stereocenters. The fourth-order valence-electron chi connectivity index (χ4n) is 0.631. The fraction of sp³-hybridized carbons (Fsp3) is 0.750. The Bertz CT molecular complexity index is 323. The van der Waals surface area contributed by atoms with Crippen molar-refractivity contribution in [3.05, 3.63) is 0 Å². The Balaban J connectivity index is 0. The van der Waals surface area contributed by atoms with Crippen LogP contribution < -0.4 is 5.32 Å². The number of carboxylic acid groups (broad SMARTS) is 2. The van der Waals surface area contributed by atoms with Crippen LogP contribution in [0.15, 0.2) is 0 Å². The van der Waals surface area contributed by atoms with Gasteiger partial charge in [0.15, 0.2) is 0 Å². The number of hydrogen-bond acceptors (Lipinski definition) is 6. The molecule has 0 amide bonds. The average Bonchev–Trinajstić information content (AvgIpc) is 2.15. The van der Waals surface area contributed by atoms with Crippen molar-refractivity contribution >= 4 is 22.1 Å². The minimum absolute atomic E-state index is 0.0274. The molecule has 0 heterocycles. The third kappa shape index (κ3) is 24.1. The standard InChI is InChI=1S/C6H11NO4.C2H6O4S/c8-5(9)1-3-7-4-2-6(10)11;3-1-2-7(4,5)6/h7H,1-4H2,(H,8,9)(H,10,11);3H,1-2H2,(H,4,5,6). The van der Waals surface area contributed by atoms with E-state index in [9.17, 15) is 18.0 Å². The van der Waals surface area contributed by atoms with E-state index in [-0.39, 0.29) is 12.8 Å². The summed E-state index contributed by atoms with van der Waals surface area (Å²) in [6, 6.07) is 0. The first-order chi connectivity index (χ1) is 8.19. The number of aliphatic hydroxyl groups excluding tert-OH is 1. The van der Waals surface area contributed by atoms with Gasteiger partial charge in [0.25, 0.3) is 10.1 Å². The van der Waals surface area contributed by atoms with Gasteiger partial charge in [-0.05, 0) is 0 Å². The van der Waals surface area contributed by atoms with Gasteiger partial charge in [-0.1, -0.05) is 0 Å². The molecule has 18 heavy (non-hydrogen) atoms. The molecule has 0 aliphatic carbocycles. The zero-order chi connectivity index (χ0) is 14.6. The molecule has 0 radical (unpaired) electrons. The first-order valence-electron chi connectivity index (χ1n) is 4.89. The molecule has 0 saturated carbocycles. The first-order valence-corrected chi connectivity index (χ1v) is 6.50. The first kappa shape index (κ1) is 19.1. The molecule has 0 aliphatic rings. The van der Waals surface area contributed by atoms with Crippen molar-refractivity contribution in [1.82, 2.24) is 5.32 Å². The van der Waals surface area contributed by atoms with E-state index < -0.39 is 34.4 Å². The lowest BCUT2D eigenvalue weighted by atomic mass is 10.4. The smallest absolute Gasteiger partial charge is 0.304 e. The van der Waals surface area contributed by atoms with Crippen molar-refractivity contribution in [2.24, 2.45) is 0 Å². The number of aliphatic hydroxyl groups is 1. The van der Waals surface area contributed by atoms with E-state index in [1.54, 1.807) is 0 Å². The largest absolute Gasteiger partial charge is 0.481 e. The van der Waals surface area contributed by atoms with Crippen molar-refractivity contribution in [2.75, 3.05) is 25.4 Å². The molecule has 0 rings (SSSR count). The summed E-state index contributed by atoms with van der Waals surface area (Å²) in [4.78, 5) is 19.9. The zero-order valence-electron chi connectivity index (χ0n) is 9.57. The minimum atomic E-state index is -3.92. The van der Waals surface area contributed by atoms with Crippen molar-refractivity contribution < 1.29 is 37.9 Å².